The van der Waals surface area contributed by atoms with Crippen LogP contribution in [0.2, 0.25) is 0 Å². The fourth-order valence-corrected chi connectivity index (χ4v) is 3.25. The quantitative estimate of drug-likeness (QED) is 0.836. The fraction of sp³-hybridized carbons (Fsp3) is 0.636. The van der Waals surface area contributed by atoms with E-state index < -0.39 is 28.1 Å². The summed E-state index contributed by atoms with van der Waals surface area (Å²) in [5.74, 6) is -0.656. The molecule has 108 valence electrons. The molecule has 0 atom stereocenters. The third-order valence-electron chi connectivity index (χ3n) is 2.54. The SMILES string of the molecule is CCc1ncc(S(=O)(=O)N(CC(=O)O)C(C)(C)C)[nH]1. The molecule has 1 heterocycles. The average Bonchev–Trinajstić information content (AvgIpc) is 2.73. The van der Waals surface area contributed by atoms with Gasteiger partial charge in [0, 0.05) is 12.0 Å². The molecule has 0 spiro atoms. The number of hydrogen-bond acceptors (Lipinski definition) is 4. The molecule has 1 aromatic heterocycles. The Morgan fingerprint density at radius 2 is 2.05 bits per heavy atom. The van der Waals surface area contributed by atoms with Gasteiger partial charge >= 0.3 is 5.97 Å². The first-order valence-electron chi connectivity index (χ1n) is 5.87. The Hall–Kier alpha value is -1.41. The molecule has 0 radical (unpaired) electrons. The van der Waals surface area contributed by atoms with Crippen molar-refractivity contribution in [3.8, 4) is 0 Å². The van der Waals surface area contributed by atoms with Crippen molar-refractivity contribution in [3.63, 3.8) is 0 Å². The van der Waals surface area contributed by atoms with Crippen LogP contribution < -0.4 is 0 Å². The average molecular weight is 289 g/mol. The van der Waals surface area contributed by atoms with Crippen molar-refractivity contribution in [1.29, 1.82) is 0 Å². The maximum absolute atomic E-state index is 12.4. The molecule has 0 aliphatic rings. The van der Waals surface area contributed by atoms with E-state index in [9.17, 15) is 13.2 Å². The minimum atomic E-state index is -3.91. The Kier molecular flexibility index (Phi) is 4.36. The van der Waals surface area contributed by atoms with E-state index in [4.69, 9.17) is 5.11 Å². The highest BCUT2D eigenvalue weighted by atomic mass is 32.2. The van der Waals surface area contributed by atoms with Crippen LogP contribution in [0.5, 0.6) is 0 Å². The molecule has 1 aromatic rings. The zero-order valence-corrected chi connectivity index (χ0v) is 12.3. The highest BCUT2D eigenvalue weighted by Gasteiger charge is 2.36. The molecule has 0 amide bonds. The number of nitrogens with one attached hydrogen (secondary N) is 1. The van der Waals surface area contributed by atoms with Gasteiger partial charge < -0.3 is 10.1 Å². The summed E-state index contributed by atoms with van der Waals surface area (Å²) in [7, 11) is -3.91. The van der Waals surface area contributed by atoms with Gasteiger partial charge in [0.15, 0.2) is 5.03 Å². The van der Waals surface area contributed by atoms with Crippen LogP contribution in [0.4, 0.5) is 0 Å². The number of aliphatic carboxylic acids is 1. The zero-order chi connectivity index (χ0) is 14.8. The lowest BCUT2D eigenvalue weighted by molar-refractivity contribution is -0.138. The van der Waals surface area contributed by atoms with Gasteiger partial charge in [-0.3, -0.25) is 4.79 Å². The van der Waals surface area contributed by atoms with Crippen LogP contribution in [0.15, 0.2) is 11.2 Å². The normalized spacial score (nSPS) is 12.9. The lowest BCUT2D eigenvalue weighted by atomic mass is 10.1. The number of H-pyrrole nitrogens is 1. The fourth-order valence-electron chi connectivity index (χ4n) is 1.58. The standard InChI is InChI=1S/C11H19N3O4S/c1-5-8-12-6-9(13-8)19(17,18)14(7-10(15)16)11(2,3)4/h6H,5,7H2,1-4H3,(H,12,13)(H,15,16). The van der Waals surface area contributed by atoms with Gasteiger partial charge in [-0.05, 0) is 20.8 Å². The number of aryl methyl sites for hydroxylation is 1. The summed E-state index contributed by atoms with van der Waals surface area (Å²) < 4.78 is 25.8. The summed E-state index contributed by atoms with van der Waals surface area (Å²) in [6, 6.07) is 0. The molecule has 1 rings (SSSR count). The van der Waals surface area contributed by atoms with Crippen LogP contribution in [0.1, 0.15) is 33.5 Å². The number of imidazole rings is 1. The molecule has 8 heteroatoms. The Morgan fingerprint density at radius 3 is 2.42 bits per heavy atom. The second-order valence-corrected chi connectivity index (χ2v) is 6.95. The van der Waals surface area contributed by atoms with Gasteiger partial charge in [0.2, 0.25) is 0 Å². The van der Waals surface area contributed by atoms with Crippen LogP contribution in [0.25, 0.3) is 0 Å². The number of aromatic amines is 1. The second kappa shape index (κ2) is 5.30. The maximum Gasteiger partial charge on any atom is 0.318 e. The van der Waals surface area contributed by atoms with E-state index >= 15 is 0 Å². The van der Waals surface area contributed by atoms with Gasteiger partial charge in [-0.2, -0.15) is 4.31 Å². The third kappa shape index (κ3) is 3.54. The number of carboxylic acids is 1. The first kappa shape index (κ1) is 15.6. The minimum Gasteiger partial charge on any atom is -0.480 e. The summed E-state index contributed by atoms with van der Waals surface area (Å²) >= 11 is 0. The van der Waals surface area contributed by atoms with Crippen LogP contribution in [0, 0.1) is 0 Å². The second-order valence-electron chi connectivity index (χ2n) is 5.12. The van der Waals surface area contributed by atoms with Crippen molar-refractivity contribution in [1.82, 2.24) is 14.3 Å². The Morgan fingerprint density at radius 1 is 1.47 bits per heavy atom. The van der Waals surface area contributed by atoms with Gasteiger partial charge in [-0.15, -0.1) is 0 Å². The molecular weight excluding hydrogens is 270 g/mol. The Balaban J connectivity index is 3.23. The van der Waals surface area contributed by atoms with E-state index in [1.54, 1.807) is 20.8 Å². The molecule has 0 aliphatic heterocycles. The highest BCUT2D eigenvalue weighted by molar-refractivity contribution is 7.89. The zero-order valence-electron chi connectivity index (χ0n) is 11.5. The van der Waals surface area contributed by atoms with E-state index in [2.05, 4.69) is 9.97 Å². The van der Waals surface area contributed by atoms with Gasteiger partial charge in [0.25, 0.3) is 10.0 Å². The molecule has 0 aliphatic carbocycles. The topological polar surface area (TPSA) is 103 Å². The molecule has 7 nitrogen and oxygen atoms in total. The van der Waals surface area contributed by atoms with E-state index in [0.717, 1.165) is 4.31 Å². The number of carbonyl (C=O) groups is 1. The maximum atomic E-state index is 12.4. The predicted molar refractivity (Wildman–Crippen MR) is 69.2 cm³/mol. The first-order chi connectivity index (χ1) is 8.59. The van der Waals surface area contributed by atoms with E-state index in [-0.39, 0.29) is 5.03 Å². The van der Waals surface area contributed by atoms with Crippen LogP contribution >= 0.6 is 0 Å². The predicted octanol–water partition coefficient (Wildman–Crippen LogP) is 0.846. The van der Waals surface area contributed by atoms with Gasteiger partial charge in [-0.25, -0.2) is 13.4 Å². The number of carboxylic acid groups (broad SMARTS) is 1. The molecule has 0 saturated heterocycles. The number of hydrogen-bond donors (Lipinski definition) is 2. The molecular formula is C11H19N3O4S. The number of sulfonamides is 1. The summed E-state index contributed by atoms with van der Waals surface area (Å²) in [5, 5.41) is 8.79. The summed E-state index contributed by atoms with van der Waals surface area (Å²) in [5.41, 5.74) is -0.839. The molecule has 0 fully saturated rings. The van der Waals surface area contributed by atoms with Crippen molar-refractivity contribution < 1.29 is 18.3 Å². The van der Waals surface area contributed by atoms with E-state index in [1.165, 1.54) is 6.20 Å². The third-order valence-corrected chi connectivity index (χ3v) is 4.56. The van der Waals surface area contributed by atoms with Gasteiger partial charge in [-0.1, -0.05) is 6.92 Å². The van der Waals surface area contributed by atoms with Crippen molar-refractivity contribution >= 4 is 16.0 Å². The highest BCUT2D eigenvalue weighted by Crippen LogP contribution is 2.23. The van der Waals surface area contributed by atoms with Crippen LogP contribution in [-0.2, 0) is 21.2 Å². The first-order valence-corrected chi connectivity index (χ1v) is 7.31. The smallest absolute Gasteiger partial charge is 0.318 e. The molecule has 0 unspecified atom stereocenters. The van der Waals surface area contributed by atoms with Crippen LogP contribution in [-0.4, -0.2) is 45.9 Å². The van der Waals surface area contributed by atoms with E-state index in [1.807, 2.05) is 6.92 Å². The largest absolute Gasteiger partial charge is 0.480 e. The number of aromatic nitrogens is 2. The molecule has 0 bridgehead atoms. The summed E-state index contributed by atoms with van der Waals surface area (Å²) in [4.78, 5) is 17.5. The molecule has 2 N–H and O–H groups in total. The van der Waals surface area contributed by atoms with Crippen molar-refractivity contribution in [2.45, 2.75) is 44.7 Å². The van der Waals surface area contributed by atoms with Crippen molar-refractivity contribution in [2.24, 2.45) is 0 Å². The molecule has 0 aromatic carbocycles. The monoisotopic (exact) mass is 289 g/mol. The Labute approximate surface area is 112 Å². The van der Waals surface area contributed by atoms with E-state index in [0.29, 0.717) is 12.2 Å². The van der Waals surface area contributed by atoms with Crippen molar-refractivity contribution in [3.05, 3.63) is 12.0 Å². The summed E-state index contributed by atoms with van der Waals surface area (Å²) in [6.45, 7) is 6.18. The van der Waals surface area contributed by atoms with Crippen LogP contribution in [0.3, 0.4) is 0 Å². The van der Waals surface area contributed by atoms with Gasteiger partial charge in [0.05, 0.1) is 6.20 Å². The van der Waals surface area contributed by atoms with Crippen molar-refractivity contribution in [2.75, 3.05) is 6.54 Å². The summed E-state index contributed by atoms with van der Waals surface area (Å²) in [6.07, 6.45) is 1.79. The number of rotatable bonds is 5. The molecule has 19 heavy (non-hydrogen) atoms. The van der Waals surface area contributed by atoms with Gasteiger partial charge in [0.1, 0.15) is 12.4 Å². The minimum absolute atomic E-state index is 0.0828. The number of nitrogens with zero attached hydrogens (tertiary/aromatic N) is 2. The molecule has 0 saturated carbocycles. The lowest BCUT2D eigenvalue weighted by Gasteiger charge is -2.32. The lowest BCUT2D eigenvalue weighted by Crippen LogP contribution is -2.48. The Bertz CT molecular complexity index is 557.